The molecule has 2 heterocycles. The number of aromatic nitrogens is 1. The van der Waals surface area contributed by atoms with Crippen LogP contribution in [0.5, 0.6) is 0 Å². The molecule has 3 rings (SSSR count). The van der Waals surface area contributed by atoms with Gasteiger partial charge in [0, 0.05) is 24.7 Å². The molecule has 4 nitrogen and oxygen atoms in total. The Morgan fingerprint density at radius 3 is 2.71 bits per heavy atom. The Balaban J connectivity index is 1.80. The number of benzene rings is 1. The summed E-state index contributed by atoms with van der Waals surface area (Å²) in [5, 5.41) is 1.08. The van der Waals surface area contributed by atoms with Crippen molar-refractivity contribution >= 4 is 16.8 Å². The second kappa shape index (κ2) is 5.82. The normalized spacial score (nSPS) is 22.5. The highest BCUT2D eigenvalue weighted by atomic mass is 16.5. The molecule has 1 aliphatic rings. The van der Waals surface area contributed by atoms with Crippen molar-refractivity contribution in [2.24, 2.45) is 0 Å². The van der Waals surface area contributed by atoms with E-state index in [4.69, 9.17) is 4.74 Å². The second-order valence-corrected chi connectivity index (χ2v) is 5.73. The van der Waals surface area contributed by atoms with Gasteiger partial charge in [-0.2, -0.15) is 0 Å². The number of hydrogen-bond donors (Lipinski definition) is 0. The van der Waals surface area contributed by atoms with Gasteiger partial charge < -0.3 is 9.64 Å². The largest absolute Gasteiger partial charge is 0.372 e. The number of para-hydroxylation sites is 1. The number of amides is 1. The molecule has 21 heavy (non-hydrogen) atoms. The Bertz CT molecular complexity index is 641. The van der Waals surface area contributed by atoms with Gasteiger partial charge in [0.15, 0.2) is 0 Å². The van der Waals surface area contributed by atoms with Crippen LogP contribution in [0.2, 0.25) is 0 Å². The van der Waals surface area contributed by atoms with Gasteiger partial charge in [0.05, 0.1) is 24.1 Å². The molecule has 2 unspecified atom stereocenters. The van der Waals surface area contributed by atoms with Crippen LogP contribution >= 0.6 is 0 Å². The molecule has 1 aliphatic heterocycles. The zero-order valence-corrected chi connectivity index (χ0v) is 12.5. The van der Waals surface area contributed by atoms with E-state index in [1.54, 1.807) is 6.20 Å². The van der Waals surface area contributed by atoms with E-state index >= 15 is 0 Å². The van der Waals surface area contributed by atoms with Gasteiger partial charge in [0.2, 0.25) is 5.91 Å². The van der Waals surface area contributed by atoms with E-state index in [-0.39, 0.29) is 18.1 Å². The van der Waals surface area contributed by atoms with Crippen LogP contribution in [-0.2, 0) is 16.0 Å². The first-order valence-corrected chi connectivity index (χ1v) is 7.39. The van der Waals surface area contributed by atoms with E-state index in [2.05, 4.69) is 4.98 Å². The molecule has 2 aromatic rings. The quantitative estimate of drug-likeness (QED) is 0.850. The fourth-order valence-electron chi connectivity index (χ4n) is 2.97. The summed E-state index contributed by atoms with van der Waals surface area (Å²) in [6, 6.07) is 9.93. The van der Waals surface area contributed by atoms with Gasteiger partial charge in [-0.15, -0.1) is 0 Å². The summed E-state index contributed by atoms with van der Waals surface area (Å²) in [6.45, 7) is 5.35. The molecule has 0 radical (unpaired) electrons. The third kappa shape index (κ3) is 3.05. The lowest BCUT2D eigenvalue weighted by atomic mass is 10.1. The lowest BCUT2D eigenvalue weighted by molar-refractivity contribution is -0.142. The Labute approximate surface area is 124 Å². The molecule has 0 bridgehead atoms. The number of carbonyl (C=O) groups excluding carboxylic acids is 1. The van der Waals surface area contributed by atoms with Gasteiger partial charge in [0.25, 0.3) is 0 Å². The Hall–Kier alpha value is -1.94. The van der Waals surface area contributed by atoms with Crippen molar-refractivity contribution in [1.82, 2.24) is 9.88 Å². The van der Waals surface area contributed by atoms with Gasteiger partial charge in [-0.1, -0.05) is 24.3 Å². The molecular weight excluding hydrogens is 264 g/mol. The molecule has 1 aromatic heterocycles. The monoisotopic (exact) mass is 284 g/mol. The predicted molar refractivity (Wildman–Crippen MR) is 82.0 cm³/mol. The van der Waals surface area contributed by atoms with Crippen molar-refractivity contribution < 1.29 is 9.53 Å². The molecule has 0 aliphatic carbocycles. The molecular formula is C17H20N2O2. The highest BCUT2D eigenvalue weighted by Crippen LogP contribution is 2.18. The number of nitrogens with zero attached hydrogens (tertiary/aromatic N) is 2. The minimum atomic E-state index is 0.100. The number of fused-ring (bicyclic) bond motifs is 1. The fraction of sp³-hybridized carbons (Fsp3) is 0.412. The van der Waals surface area contributed by atoms with Gasteiger partial charge >= 0.3 is 0 Å². The van der Waals surface area contributed by atoms with Crippen LogP contribution in [0, 0.1) is 0 Å². The van der Waals surface area contributed by atoms with E-state index < -0.39 is 0 Å². The molecule has 2 atom stereocenters. The highest BCUT2D eigenvalue weighted by molar-refractivity contribution is 5.87. The van der Waals surface area contributed by atoms with Crippen LogP contribution in [0.25, 0.3) is 10.9 Å². The van der Waals surface area contributed by atoms with Crippen molar-refractivity contribution in [2.75, 3.05) is 13.1 Å². The number of ether oxygens (including phenoxy) is 1. The maximum Gasteiger partial charge on any atom is 0.227 e. The first-order valence-electron chi connectivity index (χ1n) is 7.39. The van der Waals surface area contributed by atoms with Crippen LogP contribution in [0.3, 0.4) is 0 Å². The second-order valence-electron chi connectivity index (χ2n) is 5.73. The zero-order valence-electron chi connectivity index (χ0n) is 12.5. The van der Waals surface area contributed by atoms with Gasteiger partial charge in [0.1, 0.15) is 0 Å². The molecule has 110 valence electrons. The van der Waals surface area contributed by atoms with Crippen LogP contribution in [0.4, 0.5) is 0 Å². The van der Waals surface area contributed by atoms with E-state index in [0.29, 0.717) is 19.5 Å². The lowest BCUT2D eigenvalue weighted by Gasteiger charge is -2.35. The van der Waals surface area contributed by atoms with E-state index in [9.17, 15) is 4.79 Å². The van der Waals surface area contributed by atoms with E-state index in [0.717, 1.165) is 16.5 Å². The molecule has 1 fully saturated rings. The number of carbonyl (C=O) groups is 1. The van der Waals surface area contributed by atoms with Crippen molar-refractivity contribution in [3.63, 3.8) is 0 Å². The van der Waals surface area contributed by atoms with Crippen LogP contribution in [-0.4, -0.2) is 41.1 Å². The van der Waals surface area contributed by atoms with Gasteiger partial charge in [-0.05, 0) is 25.5 Å². The molecule has 1 amide bonds. The lowest BCUT2D eigenvalue weighted by Crippen LogP contribution is -2.48. The minimum absolute atomic E-state index is 0.100. The number of pyridine rings is 1. The van der Waals surface area contributed by atoms with Crippen molar-refractivity contribution in [3.8, 4) is 0 Å². The Morgan fingerprint density at radius 1 is 1.24 bits per heavy atom. The predicted octanol–water partition coefficient (Wildman–Crippen LogP) is 2.41. The fourth-order valence-corrected chi connectivity index (χ4v) is 2.97. The third-order valence-corrected chi connectivity index (χ3v) is 3.83. The topological polar surface area (TPSA) is 42.4 Å². The maximum absolute atomic E-state index is 12.5. The van der Waals surface area contributed by atoms with E-state index in [1.807, 2.05) is 49.1 Å². The summed E-state index contributed by atoms with van der Waals surface area (Å²) in [5.41, 5.74) is 1.91. The number of morpholine rings is 1. The molecule has 1 saturated heterocycles. The first-order chi connectivity index (χ1) is 10.1. The van der Waals surface area contributed by atoms with Crippen molar-refractivity contribution in [1.29, 1.82) is 0 Å². The van der Waals surface area contributed by atoms with Crippen molar-refractivity contribution in [3.05, 3.63) is 42.1 Å². The van der Waals surface area contributed by atoms with Gasteiger partial charge in [-0.3, -0.25) is 9.78 Å². The average Bonchev–Trinajstić information content (AvgIpc) is 2.46. The summed E-state index contributed by atoms with van der Waals surface area (Å²) >= 11 is 0. The standard InChI is InChI=1S/C17H20N2O2/c1-12-10-19(11-13(2)21-12)16(20)9-15-6-3-5-14-7-4-8-18-17(14)15/h3-8,12-13H,9-11H2,1-2H3. The summed E-state index contributed by atoms with van der Waals surface area (Å²) < 4.78 is 5.68. The Kier molecular flexibility index (Phi) is 3.88. The summed E-state index contributed by atoms with van der Waals surface area (Å²) in [5.74, 6) is 0.148. The summed E-state index contributed by atoms with van der Waals surface area (Å²) in [7, 11) is 0. The molecule has 4 heteroatoms. The molecule has 0 spiro atoms. The SMILES string of the molecule is CC1CN(C(=O)Cc2cccc3cccnc23)CC(C)O1. The zero-order chi connectivity index (χ0) is 14.8. The molecule has 1 aromatic carbocycles. The minimum Gasteiger partial charge on any atom is -0.372 e. The first kappa shape index (κ1) is 14.0. The number of rotatable bonds is 2. The van der Waals surface area contributed by atoms with Gasteiger partial charge in [-0.25, -0.2) is 0 Å². The van der Waals surface area contributed by atoms with Crippen molar-refractivity contribution in [2.45, 2.75) is 32.5 Å². The smallest absolute Gasteiger partial charge is 0.227 e. The maximum atomic E-state index is 12.5. The summed E-state index contributed by atoms with van der Waals surface area (Å²) in [6.07, 6.45) is 2.37. The molecule has 0 saturated carbocycles. The van der Waals surface area contributed by atoms with E-state index in [1.165, 1.54) is 0 Å². The molecule has 0 N–H and O–H groups in total. The van der Waals surface area contributed by atoms with Crippen LogP contribution in [0.15, 0.2) is 36.5 Å². The Morgan fingerprint density at radius 2 is 1.95 bits per heavy atom. The van der Waals surface area contributed by atoms with Crippen LogP contribution in [0.1, 0.15) is 19.4 Å². The van der Waals surface area contributed by atoms with Crippen LogP contribution < -0.4 is 0 Å². The average molecular weight is 284 g/mol. The third-order valence-electron chi connectivity index (χ3n) is 3.83. The number of hydrogen-bond acceptors (Lipinski definition) is 3. The highest BCUT2D eigenvalue weighted by Gasteiger charge is 2.26. The summed E-state index contributed by atoms with van der Waals surface area (Å²) in [4.78, 5) is 18.9.